The van der Waals surface area contributed by atoms with E-state index < -0.39 is 0 Å². The Morgan fingerprint density at radius 3 is 2.48 bits per heavy atom. The second kappa shape index (κ2) is 8.63. The lowest BCUT2D eigenvalue weighted by molar-refractivity contribution is 0.102. The van der Waals surface area contributed by atoms with E-state index in [9.17, 15) is 9.59 Å². The summed E-state index contributed by atoms with van der Waals surface area (Å²) >= 11 is 0. The molecule has 2 aromatic rings. The summed E-state index contributed by atoms with van der Waals surface area (Å²) in [5, 5.41) is 5.72. The second-order valence-corrected chi connectivity index (χ2v) is 7.66. The van der Waals surface area contributed by atoms with E-state index in [0.29, 0.717) is 18.7 Å². The second-order valence-electron chi connectivity index (χ2n) is 7.66. The van der Waals surface area contributed by atoms with E-state index in [-0.39, 0.29) is 11.9 Å². The summed E-state index contributed by atoms with van der Waals surface area (Å²) < 4.78 is 0. The number of likely N-dealkylation sites (N-methyl/N-ethyl adjacent to an activating group) is 1. The van der Waals surface area contributed by atoms with Gasteiger partial charge in [-0.25, -0.2) is 4.79 Å². The van der Waals surface area contributed by atoms with Crippen LogP contribution < -0.4 is 15.5 Å². The number of piperazine rings is 1. The maximum Gasteiger partial charge on any atom is 0.321 e. The first kappa shape index (κ1) is 19.4. The van der Waals surface area contributed by atoms with E-state index in [1.54, 1.807) is 23.1 Å². The molecule has 0 saturated carbocycles. The zero-order chi connectivity index (χ0) is 20.2. The largest absolute Gasteiger partial charge is 0.336 e. The number of carbonyl (C=O) groups is 2. The number of benzene rings is 2. The molecule has 2 N–H and O–H groups in total. The Morgan fingerprint density at radius 1 is 1.03 bits per heavy atom. The van der Waals surface area contributed by atoms with Crippen LogP contribution in [0.3, 0.4) is 0 Å². The first-order chi connectivity index (χ1) is 14.1. The Hall–Kier alpha value is -2.90. The molecule has 0 aromatic heterocycles. The van der Waals surface area contributed by atoms with Crippen LogP contribution in [0.15, 0.2) is 48.5 Å². The number of carbonyl (C=O) groups excluding carboxylic acids is 2. The topological polar surface area (TPSA) is 67.9 Å². The van der Waals surface area contributed by atoms with E-state index in [1.165, 1.54) is 5.56 Å². The number of hydrogen-bond donors (Lipinski definition) is 2. The summed E-state index contributed by atoms with van der Waals surface area (Å²) in [6.45, 7) is 6.54. The fourth-order valence-electron chi connectivity index (χ4n) is 3.69. The third-order valence-electron chi connectivity index (χ3n) is 5.49. The molecule has 2 saturated heterocycles. The summed E-state index contributed by atoms with van der Waals surface area (Å²) in [6, 6.07) is 15.1. The minimum atomic E-state index is -0.182. The molecule has 3 amide bonds. The average molecular weight is 393 g/mol. The number of urea groups is 1. The molecule has 2 heterocycles. The molecule has 2 aliphatic heterocycles. The standard InChI is InChI=1S/C22H27N5O2/c1-25-11-13-26(14-12-25)16-17-5-7-19(8-6-17)24-21(28)18-3-2-4-20(15-18)27-10-9-23-22(27)29/h2-8,15H,9-14,16H2,1H3,(H,23,29)(H,24,28). The van der Waals surface area contributed by atoms with E-state index in [0.717, 1.165) is 44.1 Å². The van der Waals surface area contributed by atoms with Crippen LogP contribution in [0, 0.1) is 0 Å². The Morgan fingerprint density at radius 2 is 1.79 bits per heavy atom. The van der Waals surface area contributed by atoms with Crippen LogP contribution in [0.2, 0.25) is 0 Å². The minimum absolute atomic E-state index is 0.126. The van der Waals surface area contributed by atoms with E-state index in [4.69, 9.17) is 0 Å². The van der Waals surface area contributed by atoms with E-state index >= 15 is 0 Å². The van der Waals surface area contributed by atoms with Crippen LogP contribution in [0.25, 0.3) is 0 Å². The number of nitrogens with zero attached hydrogens (tertiary/aromatic N) is 3. The molecule has 0 unspecified atom stereocenters. The third-order valence-corrected chi connectivity index (χ3v) is 5.49. The highest BCUT2D eigenvalue weighted by atomic mass is 16.2. The SMILES string of the molecule is CN1CCN(Cc2ccc(NC(=O)c3cccc(N4CCNC4=O)c3)cc2)CC1. The maximum atomic E-state index is 12.7. The smallest absolute Gasteiger partial charge is 0.321 e. The highest BCUT2D eigenvalue weighted by Gasteiger charge is 2.21. The predicted molar refractivity (Wildman–Crippen MR) is 114 cm³/mol. The zero-order valence-electron chi connectivity index (χ0n) is 16.7. The molecule has 2 aliphatic rings. The number of rotatable bonds is 5. The lowest BCUT2D eigenvalue weighted by Crippen LogP contribution is -2.43. The first-order valence-electron chi connectivity index (χ1n) is 10.0. The van der Waals surface area contributed by atoms with Gasteiger partial charge in [0.25, 0.3) is 5.91 Å². The van der Waals surface area contributed by atoms with Crippen LogP contribution in [-0.2, 0) is 6.54 Å². The van der Waals surface area contributed by atoms with Gasteiger partial charge in [0.1, 0.15) is 0 Å². The van der Waals surface area contributed by atoms with Crippen molar-refractivity contribution in [1.82, 2.24) is 15.1 Å². The van der Waals surface area contributed by atoms with Crippen molar-refractivity contribution in [3.63, 3.8) is 0 Å². The number of anilines is 2. The van der Waals surface area contributed by atoms with Gasteiger partial charge in [0, 0.05) is 62.8 Å². The Bertz CT molecular complexity index is 875. The van der Waals surface area contributed by atoms with Gasteiger partial charge < -0.3 is 15.5 Å². The van der Waals surface area contributed by atoms with Crippen LogP contribution in [0.4, 0.5) is 16.2 Å². The van der Waals surface area contributed by atoms with Crippen molar-refractivity contribution in [2.45, 2.75) is 6.54 Å². The molecular weight excluding hydrogens is 366 g/mol. The molecule has 7 nitrogen and oxygen atoms in total. The quantitative estimate of drug-likeness (QED) is 0.817. The fourth-order valence-corrected chi connectivity index (χ4v) is 3.69. The molecule has 29 heavy (non-hydrogen) atoms. The average Bonchev–Trinajstić information content (AvgIpc) is 3.17. The van der Waals surface area contributed by atoms with Gasteiger partial charge in [0.15, 0.2) is 0 Å². The summed E-state index contributed by atoms with van der Waals surface area (Å²) in [5.74, 6) is -0.182. The first-order valence-corrected chi connectivity index (χ1v) is 10.0. The number of nitrogens with one attached hydrogen (secondary N) is 2. The molecule has 2 fully saturated rings. The van der Waals surface area contributed by atoms with Crippen molar-refractivity contribution in [2.24, 2.45) is 0 Å². The monoisotopic (exact) mass is 393 g/mol. The van der Waals surface area contributed by atoms with Crippen LogP contribution in [0.5, 0.6) is 0 Å². The van der Waals surface area contributed by atoms with E-state index in [2.05, 4.69) is 39.6 Å². The van der Waals surface area contributed by atoms with Gasteiger partial charge in [-0.15, -0.1) is 0 Å². The zero-order valence-corrected chi connectivity index (χ0v) is 16.7. The van der Waals surface area contributed by atoms with Gasteiger partial charge in [-0.3, -0.25) is 14.6 Å². The molecule has 152 valence electrons. The van der Waals surface area contributed by atoms with Crippen molar-refractivity contribution < 1.29 is 9.59 Å². The Labute approximate surface area is 171 Å². The Balaban J connectivity index is 1.36. The summed E-state index contributed by atoms with van der Waals surface area (Å²) in [4.78, 5) is 30.9. The lowest BCUT2D eigenvalue weighted by atomic mass is 10.1. The highest BCUT2D eigenvalue weighted by molar-refractivity contribution is 6.05. The fraction of sp³-hybridized carbons (Fsp3) is 0.364. The minimum Gasteiger partial charge on any atom is -0.336 e. The van der Waals surface area contributed by atoms with Gasteiger partial charge in [-0.05, 0) is 42.9 Å². The van der Waals surface area contributed by atoms with Crippen LogP contribution in [0.1, 0.15) is 15.9 Å². The number of hydrogen-bond acceptors (Lipinski definition) is 4. The van der Waals surface area contributed by atoms with E-state index in [1.807, 2.05) is 18.2 Å². The highest BCUT2D eigenvalue weighted by Crippen LogP contribution is 2.19. The number of amides is 3. The summed E-state index contributed by atoms with van der Waals surface area (Å²) in [6.07, 6.45) is 0. The van der Waals surface area contributed by atoms with Gasteiger partial charge in [0.05, 0.1) is 0 Å². The van der Waals surface area contributed by atoms with Crippen molar-refractivity contribution in [3.05, 3.63) is 59.7 Å². The van der Waals surface area contributed by atoms with Gasteiger partial charge in [-0.1, -0.05) is 18.2 Å². The molecule has 4 rings (SSSR count). The summed E-state index contributed by atoms with van der Waals surface area (Å²) in [5.41, 5.74) is 3.27. The van der Waals surface area contributed by atoms with Gasteiger partial charge >= 0.3 is 6.03 Å². The van der Waals surface area contributed by atoms with Gasteiger partial charge in [0.2, 0.25) is 0 Å². The molecule has 0 bridgehead atoms. The third kappa shape index (κ3) is 4.75. The normalized spacial score (nSPS) is 18.0. The molecule has 0 radical (unpaired) electrons. The Kier molecular flexibility index (Phi) is 5.78. The molecule has 2 aromatic carbocycles. The van der Waals surface area contributed by atoms with Crippen molar-refractivity contribution in [2.75, 3.05) is 56.5 Å². The molecule has 0 aliphatic carbocycles. The van der Waals surface area contributed by atoms with Crippen molar-refractivity contribution in [1.29, 1.82) is 0 Å². The van der Waals surface area contributed by atoms with Gasteiger partial charge in [-0.2, -0.15) is 0 Å². The van der Waals surface area contributed by atoms with Crippen LogP contribution in [-0.4, -0.2) is 68.1 Å². The maximum absolute atomic E-state index is 12.7. The molecule has 7 heteroatoms. The van der Waals surface area contributed by atoms with Crippen molar-refractivity contribution in [3.8, 4) is 0 Å². The van der Waals surface area contributed by atoms with Crippen LogP contribution >= 0.6 is 0 Å². The molecule has 0 atom stereocenters. The van der Waals surface area contributed by atoms with Crippen molar-refractivity contribution >= 4 is 23.3 Å². The lowest BCUT2D eigenvalue weighted by Gasteiger charge is -2.32. The molecular formula is C22H27N5O2. The molecule has 0 spiro atoms. The summed E-state index contributed by atoms with van der Waals surface area (Å²) in [7, 11) is 2.16. The predicted octanol–water partition coefficient (Wildman–Crippen LogP) is 2.22.